The number of hydrogen-bond donors (Lipinski definition) is 1. The first kappa shape index (κ1) is 8.69. The van der Waals surface area contributed by atoms with Crippen molar-refractivity contribution < 1.29 is 4.21 Å². The van der Waals surface area contributed by atoms with E-state index in [-0.39, 0.29) is 0 Å². The van der Waals surface area contributed by atoms with Crippen LogP contribution in [0.5, 0.6) is 0 Å². The number of nitrogen functional groups attached to an aromatic ring is 1. The highest BCUT2D eigenvalue weighted by Crippen LogP contribution is 2.31. The van der Waals surface area contributed by atoms with Crippen molar-refractivity contribution >= 4 is 16.5 Å². The molecule has 13 heavy (non-hydrogen) atoms. The second-order valence-electron chi connectivity index (χ2n) is 3.35. The Labute approximate surface area is 79.8 Å². The highest BCUT2D eigenvalue weighted by atomic mass is 32.2. The zero-order valence-electron chi connectivity index (χ0n) is 7.27. The van der Waals surface area contributed by atoms with Crippen molar-refractivity contribution in [2.75, 3.05) is 11.5 Å². The molecular formula is C9H12N2OS. The molecule has 1 aliphatic rings. The molecule has 0 saturated heterocycles. The number of nitrogens with zero attached hydrogens (tertiary/aromatic N) is 1. The molecule has 1 aliphatic carbocycles. The Kier molecular flexibility index (Phi) is 2.31. The van der Waals surface area contributed by atoms with Crippen LogP contribution in [0.4, 0.5) is 5.69 Å². The van der Waals surface area contributed by atoms with Crippen LogP contribution in [0.25, 0.3) is 0 Å². The Morgan fingerprint density at radius 2 is 2.38 bits per heavy atom. The van der Waals surface area contributed by atoms with Crippen LogP contribution in [-0.4, -0.2) is 14.9 Å². The average Bonchev–Trinajstić information content (AvgIpc) is 2.89. The van der Waals surface area contributed by atoms with Crippen LogP contribution in [0.3, 0.4) is 0 Å². The van der Waals surface area contributed by atoms with Gasteiger partial charge < -0.3 is 5.73 Å². The van der Waals surface area contributed by atoms with Crippen molar-refractivity contribution in [3.63, 3.8) is 0 Å². The smallest absolute Gasteiger partial charge is 0.150 e. The minimum atomic E-state index is -0.999. The van der Waals surface area contributed by atoms with Gasteiger partial charge >= 0.3 is 0 Å². The number of pyridine rings is 1. The summed E-state index contributed by atoms with van der Waals surface area (Å²) < 4.78 is 11.7. The number of hydrogen-bond acceptors (Lipinski definition) is 3. The molecule has 1 heterocycles. The van der Waals surface area contributed by atoms with Gasteiger partial charge in [0.05, 0.1) is 16.5 Å². The Morgan fingerprint density at radius 1 is 1.62 bits per heavy atom. The van der Waals surface area contributed by atoms with E-state index < -0.39 is 10.8 Å². The SMILES string of the molecule is Nc1cccnc1S(=O)CC1CC1. The molecule has 0 radical (unpaired) electrons. The van der Waals surface area contributed by atoms with E-state index in [1.807, 2.05) is 0 Å². The average molecular weight is 196 g/mol. The van der Waals surface area contributed by atoms with Gasteiger partial charge in [0.15, 0.2) is 0 Å². The third-order valence-electron chi connectivity index (χ3n) is 2.10. The molecule has 1 aromatic rings. The lowest BCUT2D eigenvalue weighted by Gasteiger charge is -2.02. The van der Waals surface area contributed by atoms with E-state index >= 15 is 0 Å². The quantitative estimate of drug-likeness (QED) is 0.789. The number of nitrogens with two attached hydrogens (primary N) is 1. The van der Waals surface area contributed by atoms with Crippen LogP contribution in [0.1, 0.15) is 12.8 Å². The third kappa shape index (κ3) is 2.06. The maximum atomic E-state index is 11.7. The van der Waals surface area contributed by atoms with E-state index in [1.165, 1.54) is 12.8 Å². The van der Waals surface area contributed by atoms with E-state index in [2.05, 4.69) is 4.98 Å². The van der Waals surface area contributed by atoms with Gasteiger partial charge in [0, 0.05) is 11.9 Å². The predicted octanol–water partition coefficient (Wildman–Crippen LogP) is 1.18. The summed E-state index contributed by atoms with van der Waals surface area (Å²) in [6.45, 7) is 0. The molecule has 1 fully saturated rings. The van der Waals surface area contributed by atoms with Gasteiger partial charge in [-0.05, 0) is 30.9 Å². The molecule has 1 unspecified atom stereocenters. The molecule has 1 atom stereocenters. The van der Waals surface area contributed by atoms with Crippen molar-refractivity contribution in [2.24, 2.45) is 5.92 Å². The monoisotopic (exact) mass is 196 g/mol. The lowest BCUT2D eigenvalue weighted by Crippen LogP contribution is -2.05. The summed E-state index contributed by atoms with van der Waals surface area (Å²) in [6.07, 6.45) is 4.05. The van der Waals surface area contributed by atoms with Gasteiger partial charge in [-0.15, -0.1) is 0 Å². The first-order valence-corrected chi connectivity index (χ1v) is 5.68. The van der Waals surface area contributed by atoms with Gasteiger partial charge in [-0.3, -0.25) is 4.21 Å². The van der Waals surface area contributed by atoms with E-state index in [0.717, 1.165) is 5.75 Å². The summed E-state index contributed by atoms with van der Waals surface area (Å²) in [4.78, 5) is 4.03. The second kappa shape index (κ2) is 3.46. The van der Waals surface area contributed by atoms with Crippen LogP contribution in [0.2, 0.25) is 0 Å². The molecule has 0 bridgehead atoms. The molecular weight excluding hydrogens is 184 g/mol. The summed E-state index contributed by atoms with van der Waals surface area (Å²) in [7, 11) is -0.999. The summed E-state index contributed by atoms with van der Waals surface area (Å²) >= 11 is 0. The topological polar surface area (TPSA) is 56.0 Å². The fourth-order valence-corrected chi connectivity index (χ4v) is 2.60. The Bertz CT molecular complexity index is 336. The maximum Gasteiger partial charge on any atom is 0.150 e. The maximum absolute atomic E-state index is 11.7. The van der Waals surface area contributed by atoms with Gasteiger partial charge in [0.2, 0.25) is 0 Å². The van der Waals surface area contributed by atoms with Crippen LogP contribution >= 0.6 is 0 Å². The Hall–Kier alpha value is -0.900. The zero-order valence-corrected chi connectivity index (χ0v) is 8.09. The molecule has 2 rings (SSSR count). The molecule has 4 heteroatoms. The Morgan fingerprint density at radius 3 is 3.00 bits per heavy atom. The molecule has 0 aliphatic heterocycles. The van der Waals surface area contributed by atoms with Crippen LogP contribution in [-0.2, 0) is 10.8 Å². The lowest BCUT2D eigenvalue weighted by molar-refractivity contribution is 0.677. The summed E-state index contributed by atoms with van der Waals surface area (Å²) in [6, 6.07) is 3.50. The highest BCUT2D eigenvalue weighted by Gasteiger charge is 2.25. The molecule has 2 N–H and O–H groups in total. The Balaban J connectivity index is 2.13. The van der Waals surface area contributed by atoms with Crippen molar-refractivity contribution in [2.45, 2.75) is 17.9 Å². The fourth-order valence-electron chi connectivity index (χ4n) is 1.17. The van der Waals surface area contributed by atoms with Crippen LogP contribution < -0.4 is 5.73 Å². The molecule has 0 aromatic carbocycles. The third-order valence-corrected chi connectivity index (χ3v) is 3.65. The number of aromatic nitrogens is 1. The van der Waals surface area contributed by atoms with Crippen molar-refractivity contribution in [1.82, 2.24) is 4.98 Å². The summed E-state index contributed by atoms with van der Waals surface area (Å²) in [5.74, 6) is 1.36. The van der Waals surface area contributed by atoms with Gasteiger partial charge in [0.25, 0.3) is 0 Å². The minimum Gasteiger partial charge on any atom is -0.396 e. The van der Waals surface area contributed by atoms with Crippen molar-refractivity contribution in [1.29, 1.82) is 0 Å². The van der Waals surface area contributed by atoms with Gasteiger partial charge in [0.1, 0.15) is 5.03 Å². The van der Waals surface area contributed by atoms with Crippen LogP contribution in [0, 0.1) is 5.92 Å². The molecule has 3 nitrogen and oxygen atoms in total. The van der Waals surface area contributed by atoms with E-state index in [0.29, 0.717) is 16.6 Å². The number of anilines is 1. The molecule has 1 aromatic heterocycles. The van der Waals surface area contributed by atoms with Crippen LogP contribution in [0.15, 0.2) is 23.4 Å². The zero-order chi connectivity index (χ0) is 9.26. The normalized spacial score (nSPS) is 18.5. The predicted molar refractivity (Wildman–Crippen MR) is 52.6 cm³/mol. The summed E-state index contributed by atoms with van der Waals surface area (Å²) in [5, 5.41) is 0.550. The largest absolute Gasteiger partial charge is 0.396 e. The van der Waals surface area contributed by atoms with E-state index in [4.69, 9.17) is 5.73 Å². The molecule has 0 amide bonds. The first-order chi connectivity index (χ1) is 6.27. The minimum absolute atomic E-state index is 0.543. The molecule has 1 saturated carbocycles. The van der Waals surface area contributed by atoms with Gasteiger partial charge in [-0.25, -0.2) is 4.98 Å². The van der Waals surface area contributed by atoms with Gasteiger partial charge in [-0.1, -0.05) is 0 Å². The standard InChI is InChI=1S/C9H12N2OS/c10-8-2-1-5-11-9(8)13(12)6-7-3-4-7/h1-2,5,7H,3-4,6,10H2. The van der Waals surface area contributed by atoms with Gasteiger partial charge in [-0.2, -0.15) is 0 Å². The van der Waals surface area contributed by atoms with Crippen molar-refractivity contribution in [3.05, 3.63) is 18.3 Å². The first-order valence-electron chi connectivity index (χ1n) is 4.36. The molecule has 70 valence electrons. The second-order valence-corrected chi connectivity index (χ2v) is 4.76. The van der Waals surface area contributed by atoms with E-state index in [9.17, 15) is 4.21 Å². The summed E-state index contributed by atoms with van der Waals surface area (Å²) in [5.41, 5.74) is 6.21. The molecule has 0 spiro atoms. The highest BCUT2D eigenvalue weighted by molar-refractivity contribution is 7.85. The lowest BCUT2D eigenvalue weighted by atomic mass is 10.4. The van der Waals surface area contributed by atoms with Crippen molar-refractivity contribution in [3.8, 4) is 0 Å². The number of rotatable bonds is 3. The van der Waals surface area contributed by atoms with E-state index in [1.54, 1.807) is 18.3 Å². The fraction of sp³-hybridized carbons (Fsp3) is 0.444.